The van der Waals surface area contributed by atoms with Crippen LogP contribution in [0.25, 0.3) is 21.8 Å². The lowest BCUT2D eigenvalue weighted by Gasteiger charge is -2.05. The molecule has 0 saturated heterocycles. The second-order valence-corrected chi connectivity index (χ2v) is 4.51. The second kappa shape index (κ2) is 3.52. The van der Waals surface area contributed by atoms with Gasteiger partial charge in [-0.15, -0.1) is 0 Å². The van der Waals surface area contributed by atoms with E-state index >= 15 is 0 Å². The summed E-state index contributed by atoms with van der Waals surface area (Å²) in [6.45, 7) is 4.18. The number of hydrogen-bond acceptors (Lipinski definition) is 1. The van der Waals surface area contributed by atoms with Gasteiger partial charge >= 0.3 is 0 Å². The lowest BCUT2D eigenvalue weighted by molar-refractivity contribution is 0.416. The Balaban J connectivity index is 2.51. The molecule has 0 radical (unpaired) electrons. The van der Waals surface area contributed by atoms with Crippen LogP contribution in [0, 0.1) is 13.8 Å². The van der Waals surface area contributed by atoms with Crippen molar-refractivity contribution >= 4 is 21.8 Å². The van der Waals surface area contributed by atoms with Crippen LogP contribution in [0.4, 0.5) is 0 Å². The Morgan fingerprint density at radius 3 is 2.59 bits per heavy atom. The van der Waals surface area contributed by atoms with Crippen molar-refractivity contribution < 1.29 is 4.74 Å². The maximum Gasteiger partial charge on any atom is 0.145 e. The second-order valence-electron chi connectivity index (χ2n) is 4.51. The van der Waals surface area contributed by atoms with Crippen molar-refractivity contribution in [1.82, 2.24) is 4.98 Å². The Morgan fingerprint density at radius 2 is 1.82 bits per heavy atom. The molecule has 86 valence electrons. The summed E-state index contributed by atoms with van der Waals surface area (Å²) < 4.78 is 5.49. The minimum Gasteiger partial charge on any atom is -0.494 e. The summed E-state index contributed by atoms with van der Waals surface area (Å²) in [5.41, 5.74) is 4.68. The lowest BCUT2D eigenvalue weighted by Crippen LogP contribution is -1.87. The number of H-pyrrole nitrogens is 1. The summed E-state index contributed by atoms with van der Waals surface area (Å²) >= 11 is 0. The maximum absolute atomic E-state index is 5.49. The van der Waals surface area contributed by atoms with Gasteiger partial charge in [0.15, 0.2) is 0 Å². The van der Waals surface area contributed by atoms with Gasteiger partial charge in [-0.1, -0.05) is 23.8 Å². The van der Waals surface area contributed by atoms with Crippen LogP contribution in [0.1, 0.15) is 11.1 Å². The number of methoxy groups -OCH3 is 1. The molecule has 0 spiro atoms. The first kappa shape index (κ1) is 10.2. The van der Waals surface area contributed by atoms with Crippen molar-refractivity contribution in [2.45, 2.75) is 13.8 Å². The van der Waals surface area contributed by atoms with Crippen molar-refractivity contribution in [1.29, 1.82) is 0 Å². The zero-order valence-corrected chi connectivity index (χ0v) is 10.3. The zero-order chi connectivity index (χ0) is 12.0. The van der Waals surface area contributed by atoms with E-state index in [2.05, 4.69) is 49.2 Å². The normalized spacial score (nSPS) is 11.2. The van der Waals surface area contributed by atoms with Gasteiger partial charge in [-0.05, 0) is 31.5 Å². The molecule has 0 bridgehead atoms. The fourth-order valence-corrected chi connectivity index (χ4v) is 2.42. The zero-order valence-electron chi connectivity index (χ0n) is 10.3. The number of fused-ring (bicyclic) bond motifs is 3. The molecule has 1 N–H and O–H groups in total. The Labute approximate surface area is 100 Å². The first-order valence-electron chi connectivity index (χ1n) is 5.76. The molecule has 0 unspecified atom stereocenters. The average Bonchev–Trinajstić information content (AvgIpc) is 2.67. The highest BCUT2D eigenvalue weighted by Gasteiger charge is 2.10. The van der Waals surface area contributed by atoms with E-state index in [-0.39, 0.29) is 0 Å². The van der Waals surface area contributed by atoms with Crippen LogP contribution >= 0.6 is 0 Å². The molecule has 1 aromatic heterocycles. The molecule has 2 nitrogen and oxygen atoms in total. The predicted octanol–water partition coefficient (Wildman–Crippen LogP) is 3.95. The molecular weight excluding hydrogens is 210 g/mol. The van der Waals surface area contributed by atoms with Gasteiger partial charge in [0.2, 0.25) is 0 Å². The maximum atomic E-state index is 5.49. The number of rotatable bonds is 1. The Morgan fingerprint density at radius 1 is 1.00 bits per heavy atom. The van der Waals surface area contributed by atoms with E-state index in [0.29, 0.717) is 0 Å². The predicted molar refractivity (Wildman–Crippen MR) is 71.8 cm³/mol. The summed E-state index contributed by atoms with van der Waals surface area (Å²) in [6, 6.07) is 10.7. The fourth-order valence-electron chi connectivity index (χ4n) is 2.42. The third-order valence-electron chi connectivity index (χ3n) is 3.28. The van der Waals surface area contributed by atoms with Crippen LogP contribution in [0.3, 0.4) is 0 Å². The molecule has 0 saturated carbocycles. The smallest absolute Gasteiger partial charge is 0.145 e. The summed E-state index contributed by atoms with van der Waals surface area (Å²) in [5.74, 6) is 0.941. The molecule has 3 rings (SSSR count). The van der Waals surface area contributed by atoms with Gasteiger partial charge in [0.1, 0.15) is 5.75 Å². The van der Waals surface area contributed by atoms with Crippen molar-refractivity contribution in [3.63, 3.8) is 0 Å². The van der Waals surface area contributed by atoms with Crippen LogP contribution in [0.2, 0.25) is 0 Å². The molecule has 2 heteroatoms. The summed E-state index contributed by atoms with van der Waals surface area (Å²) in [4.78, 5) is 3.44. The van der Waals surface area contributed by atoms with E-state index in [0.717, 1.165) is 22.3 Å². The van der Waals surface area contributed by atoms with Gasteiger partial charge in [0.05, 0.1) is 12.6 Å². The van der Waals surface area contributed by atoms with Crippen LogP contribution in [-0.4, -0.2) is 12.1 Å². The highest BCUT2D eigenvalue weighted by Crippen LogP contribution is 2.34. The van der Waals surface area contributed by atoms with Gasteiger partial charge in [-0.3, -0.25) is 0 Å². The van der Waals surface area contributed by atoms with Crippen molar-refractivity contribution in [3.05, 3.63) is 41.5 Å². The van der Waals surface area contributed by atoms with Crippen LogP contribution in [0.5, 0.6) is 5.75 Å². The van der Waals surface area contributed by atoms with Gasteiger partial charge in [-0.2, -0.15) is 0 Å². The largest absolute Gasteiger partial charge is 0.494 e. The molecule has 0 aliphatic carbocycles. The number of aryl methyl sites for hydroxylation is 2. The third-order valence-corrected chi connectivity index (χ3v) is 3.28. The van der Waals surface area contributed by atoms with E-state index in [1.165, 1.54) is 16.3 Å². The fraction of sp³-hybridized carbons (Fsp3) is 0.200. The highest BCUT2D eigenvalue weighted by atomic mass is 16.5. The summed E-state index contributed by atoms with van der Waals surface area (Å²) in [5, 5.41) is 2.49. The minimum absolute atomic E-state index is 0.941. The van der Waals surface area contributed by atoms with Crippen LogP contribution < -0.4 is 4.74 Å². The topological polar surface area (TPSA) is 25.0 Å². The SMILES string of the molecule is COc1c(C)ccc2c1[nH]c1ccc(C)cc12. The quantitative estimate of drug-likeness (QED) is 0.666. The van der Waals surface area contributed by atoms with Crippen molar-refractivity contribution in [2.75, 3.05) is 7.11 Å². The van der Waals surface area contributed by atoms with Gasteiger partial charge in [-0.25, -0.2) is 0 Å². The molecule has 0 atom stereocenters. The number of aromatic amines is 1. The molecule has 17 heavy (non-hydrogen) atoms. The van der Waals surface area contributed by atoms with E-state index in [1.54, 1.807) is 7.11 Å². The number of nitrogens with one attached hydrogen (secondary N) is 1. The first-order valence-corrected chi connectivity index (χ1v) is 5.76. The van der Waals surface area contributed by atoms with Crippen molar-refractivity contribution in [3.8, 4) is 5.75 Å². The highest BCUT2D eigenvalue weighted by molar-refractivity contribution is 6.09. The third kappa shape index (κ3) is 1.41. The summed E-state index contributed by atoms with van der Waals surface area (Å²) in [6.07, 6.45) is 0. The first-order chi connectivity index (χ1) is 8.20. The average molecular weight is 225 g/mol. The minimum atomic E-state index is 0.941. The monoisotopic (exact) mass is 225 g/mol. The molecule has 3 aromatic rings. The van der Waals surface area contributed by atoms with E-state index < -0.39 is 0 Å². The summed E-state index contributed by atoms with van der Waals surface area (Å²) in [7, 11) is 1.72. The number of hydrogen-bond donors (Lipinski definition) is 1. The number of benzene rings is 2. The lowest BCUT2D eigenvalue weighted by atomic mass is 10.1. The standard InChI is InChI=1S/C15H15NO/c1-9-4-7-13-12(8-9)11-6-5-10(2)15(17-3)14(11)16-13/h4-8,16H,1-3H3. The van der Waals surface area contributed by atoms with E-state index in [1.807, 2.05) is 0 Å². The van der Waals surface area contributed by atoms with E-state index in [4.69, 9.17) is 4.74 Å². The molecule has 2 aromatic carbocycles. The van der Waals surface area contributed by atoms with E-state index in [9.17, 15) is 0 Å². The molecule has 1 heterocycles. The number of ether oxygens (including phenoxy) is 1. The van der Waals surface area contributed by atoms with Crippen molar-refractivity contribution in [2.24, 2.45) is 0 Å². The van der Waals surface area contributed by atoms with Crippen LogP contribution in [-0.2, 0) is 0 Å². The van der Waals surface area contributed by atoms with Gasteiger partial charge in [0, 0.05) is 16.3 Å². The van der Waals surface area contributed by atoms with Crippen LogP contribution in [0.15, 0.2) is 30.3 Å². The van der Waals surface area contributed by atoms with Gasteiger partial charge < -0.3 is 9.72 Å². The number of aromatic nitrogens is 1. The molecular formula is C15H15NO. The molecule has 0 aliphatic heterocycles. The molecule has 0 fully saturated rings. The Kier molecular flexibility index (Phi) is 2.11. The Bertz CT molecular complexity index is 710. The molecule has 0 amide bonds. The van der Waals surface area contributed by atoms with Gasteiger partial charge in [0.25, 0.3) is 0 Å². The Hall–Kier alpha value is -1.96. The molecule has 0 aliphatic rings.